The summed E-state index contributed by atoms with van der Waals surface area (Å²) in [5, 5.41) is 7.99. The molecule has 0 saturated carbocycles. The fourth-order valence-corrected chi connectivity index (χ4v) is 3.32. The van der Waals surface area contributed by atoms with Crippen molar-refractivity contribution in [3.8, 4) is 11.4 Å². The Balaban J connectivity index is 1.34. The maximum atomic E-state index is 12.6. The molecule has 0 aliphatic rings. The van der Waals surface area contributed by atoms with Crippen LogP contribution < -0.4 is 10.1 Å². The lowest BCUT2D eigenvalue weighted by Crippen LogP contribution is -2.27. The number of rotatable bonds is 7. The maximum Gasteiger partial charge on any atom is 0.272 e. The van der Waals surface area contributed by atoms with Crippen molar-refractivity contribution in [1.29, 1.82) is 0 Å². The van der Waals surface area contributed by atoms with Crippen LogP contribution in [0.1, 0.15) is 34.6 Å². The first-order valence-corrected chi connectivity index (χ1v) is 10.3. The molecule has 0 fully saturated rings. The smallest absolute Gasteiger partial charge is 0.272 e. The van der Waals surface area contributed by atoms with Gasteiger partial charge in [-0.2, -0.15) is 5.10 Å². The van der Waals surface area contributed by atoms with E-state index in [0.29, 0.717) is 16.5 Å². The molecule has 158 valence electrons. The average molecular weight is 435 g/mol. The molecule has 4 rings (SSSR count). The van der Waals surface area contributed by atoms with E-state index in [1.807, 2.05) is 73.3 Å². The third-order valence-electron chi connectivity index (χ3n) is 5.01. The molecule has 0 radical (unpaired) electrons. The largest absolute Gasteiger partial charge is 0.471 e. The van der Waals surface area contributed by atoms with Crippen LogP contribution >= 0.6 is 11.6 Å². The molecule has 0 aliphatic heterocycles. The van der Waals surface area contributed by atoms with E-state index in [9.17, 15) is 4.79 Å². The van der Waals surface area contributed by atoms with Crippen LogP contribution in [0.3, 0.4) is 0 Å². The molecule has 1 amide bonds. The normalized spacial score (nSPS) is 11.8. The first-order valence-electron chi connectivity index (χ1n) is 9.96. The molecule has 31 heavy (non-hydrogen) atoms. The second kappa shape index (κ2) is 9.10. The number of aryl methyl sites for hydroxylation is 1. The minimum absolute atomic E-state index is 0.148. The molecular formula is C24H23ClN4O2. The zero-order valence-corrected chi connectivity index (χ0v) is 18.1. The number of amides is 1. The Bertz CT molecular complexity index is 1170. The van der Waals surface area contributed by atoms with Gasteiger partial charge in [0.05, 0.1) is 6.04 Å². The highest BCUT2D eigenvalue weighted by Crippen LogP contribution is 2.21. The number of nitrogens with zero attached hydrogens (tertiary/aromatic N) is 3. The number of ether oxygens (including phenoxy) is 1. The molecule has 1 N–H and O–H groups in total. The van der Waals surface area contributed by atoms with Crippen molar-refractivity contribution in [3.63, 3.8) is 0 Å². The number of carbonyl (C=O) groups is 1. The lowest BCUT2D eigenvalue weighted by atomic mass is 10.1. The van der Waals surface area contributed by atoms with Crippen LogP contribution in [0.15, 0.2) is 79.3 Å². The molecule has 2 aromatic carbocycles. The summed E-state index contributed by atoms with van der Waals surface area (Å²) in [4.78, 5) is 12.6. The lowest BCUT2D eigenvalue weighted by Gasteiger charge is -2.14. The van der Waals surface area contributed by atoms with E-state index in [0.717, 1.165) is 16.8 Å². The van der Waals surface area contributed by atoms with Gasteiger partial charge in [-0.05, 0) is 73.5 Å². The quantitative estimate of drug-likeness (QED) is 0.437. The number of nitrogens with one attached hydrogen (secondary N) is 1. The molecule has 6 nitrogen and oxygen atoms in total. The Labute approximate surface area is 186 Å². The molecule has 2 heterocycles. The molecule has 1 unspecified atom stereocenters. The number of benzene rings is 2. The van der Waals surface area contributed by atoms with Crippen LogP contribution in [-0.4, -0.2) is 20.3 Å². The average Bonchev–Trinajstić information content (AvgIpc) is 3.47. The molecule has 2 aromatic heterocycles. The topological polar surface area (TPSA) is 61.1 Å². The van der Waals surface area contributed by atoms with E-state index in [1.165, 1.54) is 0 Å². The van der Waals surface area contributed by atoms with Gasteiger partial charge in [-0.1, -0.05) is 23.7 Å². The Morgan fingerprint density at radius 3 is 2.55 bits per heavy atom. The highest BCUT2D eigenvalue weighted by atomic mass is 35.5. The van der Waals surface area contributed by atoms with Gasteiger partial charge >= 0.3 is 0 Å². The lowest BCUT2D eigenvalue weighted by molar-refractivity contribution is 0.0932. The molecule has 0 bridgehead atoms. The zero-order valence-electron chi connectivity index (χ0n) is 17.3. The van der Waals surface area contributed by atoms with E-state index in [2.05, 4.69) is 10.4 Å². The molecular weight excluding hydrogens is 412 g/mol. The van der Waals surface area contributed by atoms with Crippen LogP contribution in [0.5, 0.6) is 5.75 Å². The Kier molecular flexibility index (Phi) is 6.09. The van der Waals surface area contributed by atoms with Crippen LogP contribution in [0.4, 0.5) is 0 Å². The van der Waals surface area contributed by atoms with Crippen LogP contribution in [0, 0.1) is 6.92 Å². The first kappa shape index (κ1) is 20.8. The summed E-state index contributed by atoms with van der Waals surface area (Å²) in [6, 6.07) is 19.0. The molecule has 0 spiro atoms. The molecule has 0 aliphatic carbocycles. The van der Waals surface area contributed by atoms with Gasteiger partial charge in [0, 0.05) is 29.3 Å². The van der Waals surface area contributed by atoms with Crippen LogP contribution in [0.2, 0.25) is 5.02 Å². The molecule has 1 atom stereocenters. The van der Waals surface area contributed by atoms with Crippen molar-refractivity contribution in [2.45, 2.75) is 26.6 Å². The highest BCUT2D eigenvalue weighted by molar-refractivity contribution is 6.31. The number of hydrogen-bond acceptors (Lipinski definition) is 3. The van der Waals surface area contributed by atoms with Crippen molar-refractivity contribution < 1.29 is 9.53 Å². The van der Waals surface area contributed by atoms with Gasteiger partial charge in [0.15, 0.2) is 6.73 Å². The zero-order chi connectivity index (χ0) is 21.8. The van der Waals surface area contributed by atoms with Gasteiger partial charge in [-0.3, -0.25) is 4.79 Å². The Morgan fingerprint density at radius 1 is 1.10 bits per heavy atom. The van der Waals surface area contributed by atoms with E-state index < -0.39 is 0 Å². The minimum Gasteiger partial charge on any atom is -0.471 e. The van der Waals surface area contributed by atoms with Crippen LogP contribution in [0.25, 0.3) is 5.69 Å². The van der Waals surface area contributed by atoms with E-state index in [-0.39, 0.29) is 18.7 Å². The molecule has 0 saturated heterocycles. The SMILES string of the molecule is Cc1cc(OCn2ccc(C(=O)NC(C)c3ccc(-n4cccc4)cc3)n2)ccc1Cl. The second-order valence-electron chi connectivity index (χ2n) is 7.30. The summed E-state index contributed by atoms with van der Waals surface area (Å²) in [5.74, 6) is 0.462. The van der Waals surface area contributed by atoms with Gasteiger partial charge in [0.25, 0.3) is 5.91 Å². The van der Waals surface area contributed by atoms with E-state index >= 15 is 0 Å². The van der Waals surface area contributed by atoms with Crippen molar-refractivity contribution >= 4 is 17.5 Å². The van der Waals surface area contributed by atoms with Crippen molar-refractivity contribution in [1.82, 2.24) is 19.7 Å². The van der Waals surface area contributed by atoms with Gasteiger partial charge in [0.1, 0.15) is 11.4 Å². The fourth-order valence-electron chi connectivity index (χ4n) is 3.20. The maximum absolute atomic E-state index is 12.6. The van der Waals surface area contributed by atoms with Gasteiger partial charge < -0.3 is 14.6 Å². The monoisotopic (exact) mass is 434 g/mol. The summed E-state index contributed by atoms with van der Waals surface area (Å²) in [5.41, 5.74) is 3.37. The number of hydrogen-bond donors (Lipinski definition) is 1. The second-order valence-corrected chi connectivity index (χ2v) is 7.71. The van der Waals surface area contributed by atoms with Gasteiger partial charge in [-0.25, -0.2) is 4.68 Å². The van der Waals surface area contributed by atoms with Crippen molar-refractivity contribution in [2.75, 3.05) is 0 Å². The summed E-state index contributed by atoms with van der Waals surface area (Å²) >= 11 is 6.03. The predicted molar refractivity (Wildman–Crippen MR) is 121 cm³/mol. The number of halogens is 1. The molecule has 4 aromatic rings. The standard InChI is InChI=1S/C24H23ClN4O2/c1-17-15-21(9-10-22(17)25)31-16-29-14-11-23(27-29)24(30)26-18(2)19-5-7-20(8-6-19)28-12-3-4-13-28/h3-15,18H,16H2,1-2H3,(H,26,30). The van der Waals surface area contributed by atoms with Crippen molar-refractivity contribution in [3.05, 3.63) is 101 Å². The fraction of sp³-hybridized carbons (Fsp3) is 0.167. The summed E-state index contributed by atoms with van der Waals surface area (Å²) in [7, 11) is 0. The van der Waals surface area contributed by atoms with Crippen molar-refractivity contribution in [2.24, 2.45) is 0 Å². The third-order valence-corrected chi connectivity index (χ3v) is 5.43. The number of aromatic nitrogens is 3. The van der Waals surface area contributed by atoms with Gasteiger partial charge in [-0.15, -0.1) is 0 Å². The summed E-state index contributed by atoms with van der Waals surface area (Å²) in [6.45, 7) is 4.07. The Morgan fingerprint density at radius 2 is 1.84 bits per heavy atom. The summed E-state index contributed by atoms with van der Waals surface area (Å²) < 4.78 is 9.33. The van der Waals surface area contributed by atoms with Gasteiger partial charge in [0.2, 0.25) is 0 Å². The number of carbonyl (C=O) groups excluding carboxylic acids is 1. The minimum atomic E-state index is -0.233. The summed E-state index contributed by atoms with van der Waals surface area (Å²) in [6.07, 6.45) is 5.71. The third kappa shape index (κ3) is 4.98. The van der Waals surface area contributed by atoms with Crippen LogP contribution in [-0.2, 0) is 6.73 Å². The predicted octanol–water partition coefficient (Wildman–Crippen LogP) is 5.16. The molecule has 7 heteroatoms. The Hall–Kier alpha value is -3.51. The van der Waals surface area contributed by atoms with E-state index in [4.69, 9.17) is 16.3 Å². The highest BCUT2D eigenvalue weighted by Gasteiger charge is 2.14. The first-order chi connectivity index (χ1) is 15.0. The van der Waals surface area contributed by atoms with E-state index in [1.54, 1.807) is 29.1 Å².